The van der Waals surface area contributed by atoms with E-state index in [2.05, 4.69) is 26.6 Å². The number of nitrogens with zero attached hydrogens (tertiary/aromatic N) is 3. The van der Waals surface area contributed by atoms with Crippen LogP contribution in [0.3, 0.4) is 0 Å². The van der Waals surface area contributed by atoms with Gasteiger partial charge in [-0.25, -0.2) is 4.98 Å². The summed E-state index contributed by atoms with van der Waals surface area (Å²) >= 11 is 0. The van der Waals surface area contributed by atoms with Crippen molar-refractivity contribution in [3.05, 3.63) is 60.4 Å². The zero-order valence-corrected chi connectivity index (χ0v) is 13.1. The predicted octanol–water partition coefficient (Wildman–Crippen LogP) is 3.17. The van der Waals surface area contributed by atoms with Crippen LogP contribution >= 0.6 is 0 Å². The van der Waals surface area contributed by atoms with Crippen molar-refractivity contribution in [1.82, 2.24) is 14.5 Å². The molecule has 0 bridgehead atoms. The fourth-order valence-corrected chi connectivity index (χ4v) is 3.08. The first-order valence-corrected chi connectivity index (χ1v) is 7.76. The van der Waals surface area contributed by atoms with E-state index in [4.69, 9.17) is 9.15 Å². The second-order valence-corrected chi connectivity index (χ2v) is 5.78. The maximum atomic E-state index is 5.23. The molecule has 1 aromatic carbocycles. The third-order valence-corrected chi connectivity index (χ3v) is 4.32. The Hall–Kier alpha value is -2.53. The van der Waals surface area contributed by atoms with Crippen molar-refractivity contribution in [2.75, 3.05) is 13.7 Å². The lowest BCUT2D eigenvalue weighted by molar-refractivity contribution is 0.209. The Morgan fingerprint density at radius 1 is 1.17 bits per heavy atom. The molecule has 0 unspecified atom stereocenters. The highest BCUT2D eigenvalue weighted by Crippen LogP contribution is 2.26. The molecule has 4 rings (SSSR count). The lowest BCUT2D eigenvalue weighted by Crippen LogP contribution is -2.33. The molecule has 0 saturated carbocycles. The van der Waals surface area contributed by atoms with Gasteiger partial charge in [-0.1, -0.05) is 0 Å². The minimum absolute atomic E-state index is 0.862. The largest absolute Gasteiger partial charge is 0.497 e. The van der Waals surface area contributed by atoms with Crippen molar-refractivity contribution in [1.29, 1.82) is 0 Å². The number of fused-ring (bicyclic) bond motifs is 1. The van der Waals surface area contributed by atoms with Crippen LogP contribution in [0.5, 0.6) is 5.75 Å². The highest BCUT2D eigenvalue weighted by molar-refractivity contribution is 5.60. The van der Waals surface area contributed by atoms with Crippen LogP contribution in [0, 0.1) is 0 Å². The van der Waals surface area contributed by atoms with Crippen molar-refractivity contribution in [3.63, 3.8) is 0 Å². The van der Waals surface area contributed by atoms with E-state index in [1.54, 1.807) is 13.4 Å². The number of hydrogen-bond donors (Lipinski definition) is 0. The average molecular weight is 309 g/mol. The molecule has 118 valence electrons. The van der Waals surface area contributed by atoms with E-state index in [0.29, 0.717) is 0 Å². The second kappa shape index (κ2) is 5.93. The lowest BCUT2D eigenvalue weighted by Gasteiger charge is -2.28. The first-order valence-electron chi connectivity index (χ1n) is 7.76. The van der Waals surface area contributed by atoms with Crippen LogP contribution in [0.25, 0.3) is 11.3 Å². The van der Waals surface area contributed by atoms with Crippen LogP contribution in [0.2, 0.25) is 0 Å². The molecule has 1 aliphatic rings. The molecule has 2 aromatic heterocycles. The molecular formula is C18H19N3O2. The molecular weight excluding hydrogens is 290 g/mol. The van der Waals surface area contributed by atoms with Crippen LogP contribution in [0.1, 0.15) is 11.4 Å². The molecule has 0 radical (unpaired) electrons. The summed E-state index contributed by atoms with van der Waals surface area (Å²) in [6.45, 7) is 3.73. The van der Waals surface area contributed by atoms with Crippen molar-refractivity contribution in [2.24, 2.45) is 0 Å². The van der Waals surface area contributed by atoms with Gasteiger partial charge in [0.15, 0.2) is 0 Å². The van der Waals surface area contributed by atoms with Crippen molar-refractivity contribution < 1.29 is 9.15 Å². The summed E-state index contributed by atoms with van der Waals surface area (Å²) in [5, 5.41) is 0. The van der Waals surface area contributed by atoms with Gasteiger partial charge in [0.25, 0.3) is 0 Å². The smallest absolute Gasteiger partial charge is 0.123 e. The van der Waals surface area contributed by atoms with E-state index in [1.807, 2.05) is 30.7 Å². The number of hydrogen-bond acceptors (Lipinski definition) is 4. The molecule has 0 aliphatic carbocycles. The topological polar surface area (TPSA) is 43.4 Å². The number of imidazole rings is 1. The fraction of sp³-hybridized carbons (Fsp3) is 0.278. The van der Waals surface area contributed by atoms with Crippen LogP contribution in [-0.4, -0.2) is 28.1 Å². The predicted molar refractivity (Wildman–Crippen MR) is 87.0 cm³/mol. The van der Waals surface area contributed by atoms with Gasteiger partial charge in [0, 0.05) is 30.8 Å². The highest BCUT2D eigenvalue weighted by atomic mass is 16.5. The third kappa shape index (κ3) is 2.75. The molecule has 1 aliphatic heterocycles. The Kier molecular flexibility index (Phi) is 3.63. The lowest BCUT2D eigenvalue weighted by atomic mass is 10.1. The van der Waals surface area contributed by atoms with Gasteiger partial charge < -0.3 is 13.7 Å². The summed E-state index contributed by atoms with van der Waals surface area (Å²) in [7, 11) is 1.68. The Morgan fingerprint density at radius 2 is 2.04 bits per heavy atom. The fourth-order valence-electron chi connectivity index (χ4n) is 3.08. The second-order valence-electron chi connectivity index (χ2n) is 5.78. The highest BCUT2D eigenvalue weighted by Gasteiger charge is 2.20. The normalized spacial score (nSPS) is 14.7. The Bertz CT molecular complexity index is 775. The van der Waals surface area contributed by atoms with Gasteiger partial charge in [-0.15, -0.1) is 0 Å². The summed E-state index contributed by atoms with van der Waals surface area (Å²) < 4.78 is 12.7. The van der Waals surface area contributed by atoms with Gasteiger partial charge in [0.2, 0.25) is 0 Å². The van der Waals surface area contributed by atoms with Gasteiger partial charge in [-0.05, 0) is 30.3 Å². The van der Waals surface area contributed by atoms with Crippen LogP contribution < -0.4 is 4.74 Å². The summed E-state index contributed by atoms with van der Waals surface area (Å²) in [5.41, 5.74) is 3.55. The van der Waals surface area contributed by atoms with Crippen LogP contribution in [-0.2, 0) is 19.6 Å². The van der Waals surface area contributed by atoms with Crippen molar-refractivity contribution >= 4 is 0 Å². The molecule has 5 nitrogen and oxygen atoms in total. The van der Waals surface area contributed by atoms with Gasteiger partial charge in [-0.3, -0.25) is 4.90 Å². The third-order valence-electron chi connectivity index (χ3n) is 4.32. The monoisotopic (exact) mass is 309 g/mol. The van der Waals surface area contributed by atoms with Gasteiger partial charge in [0.05, 0.1) is 38.1 Å². The minimum atomic E-state index is 0.862. The number of methoxy groups -OCH3 is 1. The first-order chi connectivity index (χ1) is 11.3. The summed E-state index contributed by atoms with van der Waals surface area (Å²) in [6.07, 6.45) is 5.50. The summed E-state index contributed by atoms with van der Waals surface area (Å²) in [4.78, 5) is 7.02. The van der Waals surface area contributed by atoms with Crippen molar-refractivity contribution in [3.8, 4) is 17.0 Å². The van der Waals surface area contributed by atoms with Gasteiger partial charge in [-0.2, -0.15) is 0 Å². The summed E-state index contributed by atoms with van der Waals surface area (Å²) in [5.74, 6) is 1.99. The Morgan fingerprint density at radius 3 is 2.78 bits per heavy atom. The maximum Gasteiger partial charge on any atom is 0.123 e. The molecule has 0 fully saturated rings. The van der Waals surface area contributed by atoms with Crippen LogP contribution in [0.4, 0.5) is 0 Å². The van der Waals surface area contributed by atoms with E-state index < -0.39 is 0 Å². The molecule has 0 spiro atoms. The van der Waals surface area contributed by atoms with Crippen LogP contribution in [0.15, 0.2) is 53.5 Å². The number of benzene rings is 1. The molecule has 0 N–H and O–H groups in total. The molecule has 3 heterocycles. The minimum Gasteiger partial charge on any atom is -0.497 e. The zero-order chi connectivity index (χ0) is 15.6. The maximum absolute atomic E-state index is 5.23. The van der Waals surface area contributed by atoms with Gasteiger partial charge in [0.1, 0.15) is 11.6 Å². The van der Waals surface area contributed by atoms with E-state index in [-0.39, 0.29) is 0 Å². The van der Waals surface area contributed by atoms with E-state index in [0.717, 1.165) is 37.8 Å². The molecule has 3 aromatic rings. The van der Waals surface area contributed by atoms with E-state index in [1.165, 1.54) is 16.8 Å². The quantitative estimate of drug-likeness (QED) is 0.742. The number of furan rings is 1. The van der Waals surface area contributed by atoms with E-state index >= 15 is 0 Å². The number of ether oxygens (including phenoxy) is 1. The Labute approximate surface area is 135 Å². The van der Waals surface area contributed by atoms with E-state index in [9.17, 15) is 0 Å². The van der Waals surface area contributed by atoms with Crippen molar-refractivity contribution in [2.45, 2.75) is 19.6 Å². The Balaban J connectivity index is 1.54. The molecule has 0 saturated heterocycles. The molecule has 5 heteroatoms. The summed E-state index contributed by atoms with van der Waals surface area (Å²) in [6, 6.07) is 10.2. The number of rotatable bonds is 4. The number of aromatic nitrogens is 2. The molecule has 0 atom stereocenters. The first kappa shape index (κ1) is 14.1. The molecule has 23 heavy (non-hydrogen) atoms. The van der Waals surface area contributed by atoms with Gasteiger partial charge >= 0.3 is 0 Å². The SMILES string of the molecule is COc1ccc(-c2cnc3n2CCN(Cc2ccoc2)C3)cc1. The zero-order valence-electron chi connectivity index (χ0n) is 13.1. The standard InChI is InChI=1S/C18H19N3O2/c1-22-16-4-2-15(3-5-16)17-10-19-18-12-20(7-8-21(17)18)11-14-6-9-23-13-14/h2-6,9-10,13H,7-8,11-12H2,1H3. The molecule has 0 amide bonds. The average Bonchev–Trinajstić information content (AvgIpc) is 3.24.